The molecule has 0 amide bonds. The minimum Gasteiger partial charge on any atom is -0.356 e. The second-order valence-electron chi connectivity index (χ2n) is 3.82. The number of nitrogens with two attached hydrogens (primary N) is 1. The van der Waals surface area contributed by atoms with Gasteiger partial charge in [0.15, 0.2) is 0 Å². The first-order chi connectivity index (χ1) is 7.32. The molecule has 0 saturated heterocycles. The fourth-order valence-electron chi connectivity index (χ4n) is 1.08. The molecule has 6 nitrogen and oxygen atoms in total. The van der Waals surface area contributed by atoms with Gasteiger partial charge in [-0.1, -0.05) is 13.8 Å². The summed E-state index contributed by atoms with van der Waals surface area (Å²) >= 11 is 11.6. The Kier molecular flexibility index (Phi) is 3.64. The highest BCUT2D eigenvalue weighted by atomic mass is 35.5. The van der Waals surface area contributed by atoms with Crippen molar-refractivity contribution >= 4 is 29.2 Å². The lowest BCUT2D eigenvalue weighted by atomic mass is 9.92. The highest BCUT2D eigenvalue weighted by Gasteiger charge is 2.34. The summed E-state index contributed by atoms with van der Waals surface area (Å²) < 4.78 is 0.875. The van der Waals surface area contributed by atoms with Crippen LogP contribution >= 0.6 is 23.2 Å². The van der Waals surface area contributed by atoms with E-state index in [-0.39, 0.29) is 11.6 Å². The molecule has 1 heterocycles. The van der Waals surface area contributed by atoms with Gasteiger partial charge in [-0.2, -0.15) is 4.68 Å². The smallest absolute Gasteiger partial charge is 0.296 e. The lowest BCUT2D eigenvalue weighted by Gasteiger charge is -2.24. The number of nitrogens with zero attached hydrogens (tertiary/aromatic N) is 3. The summed E-state index contributed by atoms with van der Waals surface area (Å²) in [6.45, 7) is 3.39. The summed E-state index contributed by atoms with van der Waals surface area (Å²) in [7, 11) is 1.59. The zero-order chi connectivity index (χ0) is 12.5. The molecule has 0 spiro atoms. The van der Waals surface area contributed by atoms with Crippen LogP contribution in [0.1, 0.15) is 19.5 Å². The number of alkyl halides is 2. The number of hydrogen-bond acceptors (Lipinski definition) is 5. The van der Waals surface area contributed by atoms with Gasteiger partial charge in [0.25, 0.3) is 5.56 Å². The van der Waals surface area contributed by atoms with Crippen molar-refractivity contribution in [2.24, 2.45) is 0 Å². The van der Waals surface area contributed by atoms with Crippen molar-refractivity contribution in [3.8, 4) is 0 Å². The van der Waals surface area contributed by atoms with Crippen LogP contribution in [0, 0.1) is 0 Å². The lowest BCUT2D eigenvalue weighted by Crippen LogP contribution is -2.41. The molecule has 90 valence electrons. The summed E-state index contributed by atoms with van der Waals surface area (Å²) in [6.07, 6.45) is 0. The Morgan fingerprint density at radius 2 is 2.00 bits per heavy atom. The topological polar surface area (TPSA) is 85.8 Å². The molecule has 0 unspecified atom stereocenters. The van der Waals surface area contributed by atoms with E-state index in [9.17, 15) is 4.79 Å². The van der Waals surface area contributed by atoms with Crippen molar-refractivity contribution < 1.29 is 0 Å². The molecule has 3 N–H and O–H groups in total. The third-order valence-electron chi connectivity index (χ3n) is 2.27. The Labute approximate surface area is 103 Å². The maximum atomic E-state index is 11.9. The lowest BCUT2D eigenvalue weighted by molar-refractivity contribution is 0.522. The number of nitrogens with one attached hydrogen (secondary N) is 1. The zero-order valence-electron chi connectivity index (χ0n) is 9.16. The Morgan fingerprint density at radius 1 is 1.44 bits per heavy atom. The van der Waals surface area contributed by atoms with Gasteiger partial charge in [0, 0.05) is 12.5 Å². The Morgan fingerprint density at radius 3 is 2.44 bits per heavy atom. The van der Waals surface area contributed by atoms with Gasteiger partial charge in [-0.15, -0.1) is 33.4 Å². The molecule has 0 aromatic carbocycles. The molecule has 0 aliphatic rings. The molecular weight excluding hydrogens is 253 g/mol. The summed E-state index contributed by atoms with van der Waals surface area (Å²) in [5.41, 5.74) is -1.17. The van der Waals surface area contributed by atoms with Crippen molar-refractivity contribution in [2.75, 3.05) is 18.2 Å². The quantitative estimate of drug-likeness (QED) is 0.613. The van der Waals surface area contributed by atoms with Gasteiger partial charge < -0.3 is 11.2 Å². The van der Waals surface area contributed by atoms with Gasteiger partial charge in [0.05, 0.1) is 0 Å². The first-order valence-corrected chi connectivity index (χ1v) is 5.40. The molecule has 0 saturated carbocycles. The summed E-state index contributed by atoms with van der Waals surface area (Å²) in [4.78, 5) is 11.1. The molecule has 8 heteroatoms. The number of aromatic nitrogens is 3. The molecule has 0 fully saturated rings. The third-order valence-corrected chi connectivity index (χ3v) is 3.36. The number of hydrogen-bond donors (Lipinski definition) is 2. The van der Waals surface area contributed by atoms with Gasteiger partial charge in [0.2, 0.25) is 5.95 Å². The van der Waals surface area contributed by atoms with Gasteiger partial charge >= 0.3 is 0 Å². The Bertz CT molecular complexity index is 443. The average molecular weight is 266 g/mol. The summed E-state index contributed by atoms with van der Waals surface area (Å²) in [6, 6.07) is 0. The Balaban J connectivity index is 3.39. The van der Waals surface area contributed by atoms with Crippen LogP contribution in [0.15, 0.2) is 4.79 Å². The molecule has 1 aromatic heterocycles. The van der Waals surface area contributed by atoms with Gasteiger partial charge in [0.1, 0.15) is 10.5 Å². The normalized spacial score (nSPS) is 11.9. The second kappa shape index (κ2) is 4.47. The van der Waals surface area contributed by atoms with Crippen molar-refractivity contribution in [1.82, 2.24) is 14.9 Å². The molecule has 0 atom stereocenters. The fraction of sp³-hybridized carbons (Fsp3) is 0.625. The van der Waals surface area contributed by atoms with E-state index in [0.717, 1.165) is 4.68 Å². The maximum absolute atomic E-state index is 11.9. The standard InChI is InChI=1S/C8H13Cl2N5O/c1-8(2,6(9)10)4-5(16)15(11)7(12-3)14-13-4/h6H,11H2,1-3H3,(H,12,14). The van der Waals surface area contributed by atoms with Crippen molar-refractivity contribution in [1.29, 1.82) is 0 Å². The van der Waals surface area contributed by atoms with Crippen LogP contribution in [-0.2, 0) is 5.41 Å². The van der Waals surface area contributed by atoms with E-state index in [1.54, 1.807) is 20.9 Å². The third kappa shape index (κ3) is 2.08. The predicted molar refractivity (Wildman–Crippen MR) is 64.5 cm³/mol. The van der Waals surface area contributed by atoms with Crippen molar-refractivity contribution in [3.63, 3.8) is 0 Å². The number of nitrogen functional groups attached to an aromatic ring is 1. The molecule has 1 aromatic rings. The van der Waals surface area contributed by atoms with Gasteiger partial charge in [-0.05, 0) is 0 Å². The maximum Gasteiger partial charge on any atom is 0.296 e. The van der Waals surface area contributed by atoms with E-state index in [4.69, 9.17) is 29.0 Å². The predicted octanol–water partition coefficient (Wildman–Crippen LogP) is 0.475. The van der Waals surface area contributed by atoms with Crippen LogP contribution in [0.5, 0.6) is 0 Å². The van der Waals surface area contributed by atoms with Crippen LogP contribution in [0.25, 0.3) is 0 Å². The molecule has 0 radical (unpaired) electrons. The monoisotopic (exact) mass is 265 g/mol. The van der Waals surface area contributed by atoms with Crippen LogP contribution in [0.3, 0.4) is 0 Å². The first-order valence-electron chi connectivity index (χ1n) is 4.53. The van der Waals surface area contributed by atoms with E-state index in [1.165, 1.54) is 0 Å². The number of halogens is 2. The van der Waals surface area contributed by atoms with Crippen LogP contribution in [0.4, 0.5) is 5.95 Å². The number of anilines is 1. The van der Waals surface area contributed by atoms with E-state index >= 15 is 0 Å². The van der Waals surface area contributed by atoms with E-state index in [2.05, 4.69) is 15.5 Å². The first kappa shape index (κ1) is 13.1. The summed E-state index contributed by atoms with van der Waals surface area (Å²) in [5, 5.41) is 10.2. The van der Waals surface area contributed by atoms with Crippen molar-refractivity contribution in [3.05, 3.63) is 16.0 Å². The highest BCUT2D eigenvalue weighted by molar-refractivity contribution is 6.45. The molecule has 0 aliphatic carbocycles. The molecule has 0 bridgehead atoms. The van der Waals surface area contributed by atoms with Gasteiger partial charge in [-0.3, -0.25) is 4.79 Å². The molecule has 1 rings (SSSR count). The minimum absolute atomic E-state index is 0.129. The SMILES string of the molecule is CNc1nnc(C(C)(C)C(Cl)Cl)c(=O)n1N. The Hall–Kier alpha value is -1.01. The second-order valence-corrected chi connectivity index (χ2v) is 4.92. The highest BCUT2D eigenvalue weighted by Crippen LogP contribution is 2.29. The zero-order valence-corrected chi connectivity index (χ0v) is 10.7. The van der Waals surface area contributed by atoms with E-state index in [1.807, 2.05) is 0 Å². The van der Waals surface area contributed by atoms with Crippen LogP contribution < -0.4 is 16.7 Å². The van der Waals surface area contributed by atoms with Crippen molar-refractivity contribution in [2.45, 2.75) is 24.1 Å². The molecular formula is C8H13Cl2N5O. The number of rotatable bonds is 3. The minimum atomic E-state index is -0.819. The largest absolute Gasteiger partial charge is 0.356 e. The molecule has 16 heavy (non-hydrogen) atoms. The van der Waals surface area contributed by atoms with E-state index in [0.29, 0.717) is 0 Å². The van der Waals surface area contributed by atoms with Crippen LogP contribution in [-0.4, -0.2) is 26.8 Å². The summed E-state index contributed by atoms with van der Waals surface area (Å²) in [5.74, 6) is 5.72. The fourth-order valence-corrected chi connectivity index (χ4v) is 1.28. The van der Waals surface area contributed by atoms with Crippen LogP contribution in [0.2, 0.25) is 0 Å². The van der Waals surface area contributed by atoms with Gasteiger partial charge in [-0.25, -0.2) is 0 Å². The average Bonchev–Trinajstić information content (AvgIpc) is 2.21. The van der Waals surface area contributed by atoms with E-state index < -0.39 is 15.8 Å². The molecule has 0 aliphatic heterocycles.